The van der Waals surface area contributed by atoms with E-state index in [1.165, 1.54) is 11.8 Å². The van der Waals surface area contributed by atoms with E-state index in [-0.39, 0.29) is 31.2 Å². The van der Waals surface area contributed by atoms with E-state index in [1.54, 1.807) is 18.5 Å². The average molecular weight is 297 g/mol. The van der Waals surface area contributed by atoms with Crippen molar-refractivity contribution in [2.24, 2.45) is 0 Å². The second-order valence-corrected chi connectivity index (χ2v) is 5.46. The summed E-state index contributed by atoms with van der Waals surface area (Å²) < 4.78 is 14.8. The largest absolute Gasteiger partial charge is 0.388 e. The number of likely N-dealkylation sites (tertiary alicyclic amines) is 1. The van der Waals surface area contributed by atoms with Crippen molar-refractivity contribution in [3.8, 4) is 0 Å². The van der Waals surface area contributed by atoms with E-state index in [4.69, 9.17) is 0 Å². The summed E-state index contributed by atoms with van der Waals surface area (Å²) in [6, 6.07) is 0. The molecule has 0 saturated carbocycles. The van der Waals surface area contributed by atoms with Gasteiger partial charge in [0, 0.05) is 25.2 Å². The predicted molar refractivity (Wildman–Crippen MR) is 73.8 cm³/mol. The first-order valence-electron chi connectivity index (χ1n) is 6.96. The third kappa shape index (κ3) is 3.12. The zero-order chi connectivity index (χ0) is 15.7. The van der Waals surface area contributed by atoms with Crippen molar-refractivity contribution in [3.05, 3.63) is 17.0 Å². The Hall–Kier alpha value is -1.76. The lowest BCUT2D eigenvalue weighted by Gasteiger charge is -2.15. The zero-order valence-electron chi connectivity index (χ0n) is 12.5. The van der Waals surface area contributed by atoms with E-state index in [2.05, 4.69) is 5.10 Å². The molecule has 2 atom stereocenters. The van der Waals surface area contributed by atoms with Crippen LogP contribution >= 0.6 is 0 Å². The number of aromatic nitrogens is 2. The fraction of sp³-hybridized carbons (Fsp3) is 0.643. The third-order valence-corrected chi connectivity index (χ3v) is 3.84. The Balaban J connectivity index is 1.99. The molecule has 0 aromatic carbocycles. The number of Topliss-reactive ketones (excluding diaryl/α,β-unsaturated/α-hetero) is 1. The summed E-state index contributed by atoms with van der Waals surface area (Å²) in [6.45, 7) is 5.35. The van der Waals surface area contributed by atoms with Gasteiger partial charge in [-0.2, -0.15) is 5.10 Å². The number of alkyl halides is 1. The minimum atomic E-state index is -1.37. The number of aliphatic hydroxyl groups excluding tert-OH is 1. The number of hydrogen-bond donors (Lipinski definition) is 1. The van der Waals surface area contributed by atoms with Crippen LogP contribution in [0.1, 0.15) is 35.1 Å². The highest BCUT2D eigenvalue weighted by atomic mass is 19.1. The Morgan fingerprint density at radius 2 is 2.05 bits per heavy atom. The van der Waals surface area contributed by atoms with E-state index in [1.807, 2.05) is 0 Å². The first kappa shape index (κ1) is 15.6. The van der Waals surface area contributed by atoms with Crippen molar-refractivity contribution < 1.29 is 19.1 Å². The van der Waals surface area contributed by atoms with Gasteiger partial charge in [-0.25, -0.2) is 4.39 Å². The van der Waals surface area contributed by atoms with Crippen LogP contribution in [0, 0.1) is 13.8 Å². The number of nitrogens with zero attached hydrogens (tertiary/aromatic N) is 3. The summed E-state index contributed by atoms with van der Waals surface area (Å²) in [7, 11) is 0. The first-order chi connectivity index (χ1) is 9.81. The Morgan fingerprint density at radius 3 is 2.52 bits per heavy atom. The van der Waals surface area contributed by atoms with Crippen molar-refractivity contribution in [1.29, 1.82) is 0 Å². The fourth-order valence-electron chi connectivity index (χ4n) is 2.73. The molecule has 116 valence electrons. The molecule has 0 radical (unpaired) electrons. The van der Waals surface area contributed by atoms with Gasteiger partial charge in [-0.15, -0.1) is 0 Å². The SMILES string of the molecule is CC(=O)c1c(C)nn(CCC(=O)N2C[C@@H](O)[C@H](F)C2)c1C. The Labute approximate surface area is 122 Å². The van der Waals surface area contributed by atoms with Gasteiger partial charge in [-0.05, 0) is 20.8 Å². The molecule has 1 amide bonds. The van der Waals surface area contributed by atoms with Crippen LogP contribution in [0.2, 0.25) is 0 Å². The summed E-state index contributed by atoms with van der Waals surface area (Å²) in [6.07, 6.45) is -2.29. The summed E-state index contributed by atoms with van der Waals surface area (Å²) in [5.74, 6) is -0.267. The van der Waals surface area contributed by atoms with Crippen LogP contribution in [0.4, 0.5) is 4.39 Å². The summed E-state index contributed by atoms with van der Waals surface area (Å²) in [5.41, 5.74) is 1.97. The highest BCUT2D eigenvalue weighted by Gasteiger charge is 2.33. The van der Waals surface area contributed by atoms with Gasteiger partial charge in [0.2, 0.25) is 5.91 Å². The Morgan fingerprint density at radius 1 is 1.38 bits per heavy atom. The number of amides is 1. The molecule has 1 aliphatic heterocycles. The van der Waals surface area contributed by atoms with Gasteiger partial charge in [-0.3, -0.25) is 14.3 Å². The molecule has 1 N–H and O–H groups in total. The quantitative estimate of drug-likeness (QED) is 0.827. The number of β-amino-alcohol motifs (C(OH)–C–C–N with tert-alkyl or cyclic N) is 1. The molecule has 0 spiro atoms. The van der Waals surface area contributed by atoms with Crippen molar-refractivity contribution in [1.82, 2.24) is 14.7 Å². The van der Waals surface area contributed by atoms with Crippen molar-refractivity contribution >= 4 is 11.7 Å². The Kier molecular flexibility index (Phi) is 4.41. The van der Waals surface area contributed by atoms with Crippen LogP contribution in [0.3, 0.4) is 0 Å². The molecule has 1 aromatic heterocycles. The monoisotopic (exact) mass is 297 g/mol. The maximum absolute atomic E-state index is 13.2. The molecule has 6 nitrogen and oxygen atoms in total. The van der Waals surface area contributed by atoms with Gasteiger partial charge >= 0.3 is 0 Å². The van der Waals surface area contributed by atoms with Gasteiger partial charge in [0.1, 0.15) is 12.3 Å². The van der Waals surface area contributed by atoms with E-state index in [9.17, 15) is 19.1 Å². The molecule has 2 rings (SSSR count). The van der Waals surface area contributed by atoms with Gasteiger partial charge in [0.05, 0.1) is 17.8 Å². The molecule has 21 heavy (non-hydrogen) atoms. The van der Waals surface area contributed by atoms with Crippen LogP contribution in [0.25, 0.3) is 0 Å². The lowest BCUT2D eigenvalue weighted by Crippen LogP contribution is -2.30. The number of aliphatic hydroxyl groups is 1. The second-order valence-electron chi connectivity index (χ2n) is 5.46. The molecular formula is C14H20FN3O3. The highest BCUT2D eigenvalue weighted by molar-refractivity contribution is 5.96. The number of halogens is 1. The minimum Gasteiger partial charge on any atom is -0.388 e. The number of hydrogen-bond acceptors (Lipinski definition) is 4. The number of rotatable bonds is 4. The molecule has 1 fully saturated rings. The lowest BCUT2D eigenvalue weighted by atomic mass is 10.1. The lowest BCUT2D eigenvalue weighted by molar-refractivity contribution is -0.130. The van der Waals surface area contributed by atoms with Crippen molar-refractivity contribution in [2.45, 2.75) is 46.0 Å². The second kappa shape index (κ2) is 5.93. The van der Waals surface area contributed by atoms with Gasteiger partial charge < -0.3 is 10.0 Å². The van der Waals surface area contributed by atoms with Crippen LogP contribution in [0.5, 0.6) is 0 Å². The van der Waals surface area contributed by atoms with Crippen molar-refractivity contribution in [3.63, 3.8) is 0 Å². The van der Waals surface area contributed by atoms with E-state index in [0.717, 1.165) is 5.69 Å². The molecule has 1 aliphatic rings. The predicted octanol–water partition coefficient (Wildman–Crippen LogP) is 0.634. The fourth-order valence-corrected chi connectivity index (χ4v) is 2.73. The van der Waals surface area contributed by atoms with E-state index >= 15 is 0 Å². The molecule has 0 unspecified atom stereocenters. The van der Waals surface area contributed by atoms with Crippen LogP contribution in [-0.4, -0.2) is 56.8 Å². The summed E-state index contributed by atoms with van der Waals surface area (Å²) in [5, 5.41) is 13.6. The molecule has 1 aromatic rings. The summed E-state index contributed by atoms with van der Waals surface area (Å²) >= 11 is 0. The molecule has 2 heterocycles. The third-order valence-electron chi connectivity index (χ3n) is 3.84. The van der Waals surface area contributed by atoms with Crippen LogP contribution < -0.4 is 0 Å². The first-order valence-corrected chi connectivity index (χ1v) is 6.96. The molecular weight excluding hydrogens is 277 g/mol. The minimum absolute atomic E-state index is 0.0375. The molecule has 0 aliphatic carbocycles. The van der Waals surface area contributed by atoms with E-state index < -0.39 is 12.3 Å². The summed E-state index contributed by atoms with van der Waals surface area (Å²) in [4.78, 5) is 24.8. The highest BCUT2D eigenvalue weighted by Crippen LogP contribution is 2.16. The Bertz CT molecular complexity index is 560. The number of carbonyl (C=O) groups excluding carboxylic acids is 2. The maximum atomic E-state index is 13.2. The number of carbonyl (C=O) groups is 2. The number of aryl methyl sites for hydroxylation is 2. The molecule has 7 heteroatoms. The topological polar surface area (TPSA) is 75.4 Å². The maximum Gasteiger partial charge on any atom is 0.224 e. The average Bonchev–Trinajstić information content (AvgIpc) is 2.87. The van der Waals surface area contributed by atoms with E-state index in [0.29, 0.717) is 17.8 Å². The molecule has 0 bridgehead atoms. The van der Waals surface area contributed by atoms with Gasteiger partial charge in [0.15, 0.2) is 5.78 Å². The zero-order valence-corrected chi connectivity index (χ0v) is 12.5. The van der Waals surface area contributed by atoms with Crippen LogP contribution in [-0.2, 0) is 11.3 Å². The molecule has 1 saturated heterocycles. The number of ketones is 1. The standard InChI is InChI=1S/C14H20FN3O3/c1-8-14(10(3)19)9(2)18(16-8)5-4-13(21)17-6-11(15)12(20)7-17/h11-12,20H,4-7H2,1-3H3/t11-,12-/m1/s1. The smallest absolute Gasteiger partial charge is 0.224 e. The van der Waals surface area contributed by atoms with Crippen molar-refractivity contribution in [2.75, 3.05) is 13.1 Å². The van der Waals surface area contributed by atoms with Gasteiger partial charge in [0.25, 0.3) is 0 Å². The van der Waals surface area contributed by atoms with Gasteiger partial charge in [-0.1, -0.05) is 0 Å². The van der Waals surface area contributed by atoms with Crippen LogP contribution in [0.15, 0.2) is 0 Å². The normalized spacial score (nSPS) is 21.9.